The van der Waals surface area contributed by atoms with Gasteiger partial charge in [-0.25, -0.2) is 0 Å². The lowest BCUT2D eigenvalue weighted by Gasteiger charge is -2.31. The van der Waals surface area contributed by atoms with Gasteiger partial charge in [0.15, 0.2) is 0 Å². The smallest absolute Gasteiger partial charge is 0.416 e. The number of hydrogen-bond donors (Lipinski definition) is 1. The molecule has 0 radical (unpaired) electrons. The molecule has 1 aliphatic rings. The highest BCUT2D eigenvalue weighted by molar-refractivity contribution is 5.78. The minimum absolute atomic E-state index is 0.215. The zero-order valence-electron chi connectivity index (χ0n) is 11.1. The molecule has 0 aliphatic carbocycles. The van der Waals surface area contributed by atoms with Gasteiger partial charge in [-0.05, 0) is 37.9 Å². The molecule has 0 bridgehead atoms. The molecule has 0 amide bonds. The largest absolute Gasteiger partial charge is 0.480 e. The maximum absolute atomic E-state index is 12.7. The number of likely N-dealkylation sites (tertiary alicyclic amines) is 1. The number of carbonyl (C=O) groups is 1. The third-order valence-electron chi connectivity index (χ3n) is 3.88. The van der Waals surface area contributed by atoms with Crippen LogP contribution in [0.25, 0.3) is 0 Å². The molecule has 1 N–H and O–H groups in total. The second kappa shape index (κ2) is 5.09. The Balaban J connectivity index is 2.20. The number of alkyl halides is 3. The van der Waals surface area contributed by atoms with Crippen LogP contribution in [0.3, 0.4) is 0 Å². The molecule has 0 spiro atoms. The maximum Gasteiger partial charge on any atom is 0.416 e. The first-order chi connectivity index (χ1) is 9.23. The number of rotatable bonds is 3. The van der Waals surface area contributed by atoms with Crippen molar-refractivity contribution in [2.75, 3.05) is 6.54 Å². The highest BCUT2D eigenvalue weighted by atomic mass is 19.4. The molecule has 1 fully saturated rings. The van der Waals surface area contributed by atoms with Gasteiger partial charge in [0.2, 0.25) is 0 Å². The number of carboxylic acid groups (broad SMARTS) is 1. The Hall–Kier alpha value is -1.56. The van der Waals surface area contributed by atoms with Crippen LogP contribution in [0, 0.1) is 0 Å². The highest BCUT2D eigenvalue weighted by Crippen LogP contribution is 2.33. The topological polar surface area (TPSA) is 40.5 Å². The van der Waals surface area contributed by atoms with E-state index in [0.717, 1.165) is 18.6 Å². The number of benzene rings is 1. The van der Waals surface area contributed by atoms with Crippen LogP contribution in [0.2, 0.25) is 0 Å². The monoisotopic (exact) mass is 287 g/mol. The van der Waals surface area contributed by atoms with Crippen molar-refractivity contribution in [3.05, 3.63) is 35.4 Å². The van der Waals surface area contributed by atoms with Crippen molar-refractivity contribution in [3.63, 3.8) is 0 Å². The fourth-order valence-corrected chi connectivity index (χ4v) is 2.58. The van der Waals surface area contributed by atoms with Gasteiger partial charge in [0.1, 0.15) is 5.54 Å². The molecule has 1 heterocycles. The zero-order valence-corrected chi connectivity index (χ0v) is 11.1. The molecule has 1 aliphatic heterocycles. The van der Waals surface area contributed by atoms with Crippen LogP contribution in [-0.2, 0) is 17.5 Å². The molecule has 1 aromatic rings. The summed E-state index contributed by atoms with van der Waals surface area (Å²) in [5, 5.41) is 9.28. The Kier molecular flexibility index (Phi) is 3.77. The van der Waals surface area contributed by atoms with Crippen molar-refractivity contribution < 1.29 is 23.1 Å². The molecule has 0 aromatic heterocycles. The van der Waals surface area contributed by atoms with Crippen LogP contribution in [0.4, 0.5) is 13.2 Å². The lowest BCUT2D eigenvalue weighted by Crippen LogP contribution is -2.47. The summed E-state index contributed by atoms with van der Waals surface area (Å²) < 4.78 is 38.0. The summed E-state index contributed by atoms with van der Waals surface area (Å²) in [7, 11) is 0. The third-order valence-corrected chi connectivity index (χ3v) is 3.88. The molecule has 1 saturated heterocycles. The van der Waals surface area contributed by atoms with Crippen molar-refractivity contribution in [1.82, 2.24) is 4.90 Å². The summed E-state index contributed by atoms with van der Waals surface area (Å²) in [4.78, 5) is 13.1. The van der Waals surface area contributed by atoms with Gasteiger partial charge in [-0.1, -0.05) is 18.2 Å². The predicted octanol–water partition coefficient (Wildman–Crippen LogP) is 3.14. The van der Waals surface area contributed by atoms with Gasteiger partial charge in [-0.3, -0.25) is 9.69 Å². The molecular weight excluding hydrogens is 271 g/mol. The first kappa shape index (κ1) is 14.8. The summed E-state index contributed by atoms with van der Waals surface area (Å²) in [6, 6.07) is 5.05. The third kappa shape index (κ3) is 2.80. The van der Waals surface area contributed by atoms with E-state index in [4.69, 9.17) is 0 Å². The van der Waals surface area contributed by atoms with Crippen molar-refractivity contribution in [2.24, 2.45) is 0 Å². The summed E-state index contributed by atoms with van der Waals surface area (Å²) >= 11 is 0. The molecular formula is C14H16F3NO2. The number of halogens is 3. The zero-order chi connectivity index (χ0) is 15.0. The molecule has 0 saturated carbocycles. The van der Waals surface area contributed by atoms with Gasteiger partial charge in [0, 0.05) is 6.54 Å². The SMILES string of the molecule is C[C@]1(C(=O)O)CCCN1Cc1cccc(C(F)(F)F)c1. The van der Waals surface area contributed by atoms with Gasteiger partial charge in [0.05, 0.1) is 5.56 Å². The Morgan fingerprint density at radius 1 is 1.45 bits per heavy atom. The van der Waals surface area contributed by atoms with Gasteiger partial charge in [-0.15, -0.1) is 0 Å². The van der Waals surface area contributed by atoms with Crippen LogP contribution >= 0.6 is 0 Å². The summed E-state index contributed by atoms with van der Waals surface area (Å²) in [5.74, 6) is -0.929. The van der Waals surface area contributed by atoms with E-state index in [1.54, 1.807) is 17.9 Å². The van der Waals surface area contributed by atoms with Gasteiger partial charge in [0.25, 0.3) is 0 Å². The maximum atomic E-state index is 12.7. The minimum Gasteiger partial charge on any atom is -0.480 e. The Labute approximate surface area is 115 Å². The fraction of sp³-hybridized carbons (Fsp3) is 0.500. The van der Waals surface area contributed by atoms with E-state index in [-0.39, 0.29) is 6.54 Å². The molecule has 0 unspecified atom stereocenters. The van der Waals surface area contributed by atoms with Crippen molar-refractivity contribution in [2.45, 2.75) is 38.0 Å². The number of hydrogen-bond acceptors (Lipinski definition) is 2. The first-order valence-corrected chi connectivity index (χ1v) is 6.38. The highest BCUT2D eigenvalue weighted by Gasteiger charge is 2.43. The average Bonchev–Trinajstić information content (AvgIpc) is 2.72. The molecule has 1 aromatic carbocycles. The lowest BCUT2D eigenvalue weighted by molar-refractivity contribution is -0.149. The standard InChI is InChI=1S/C14H16F3NO2/c1-13(12(19)20)6-3-7-18(13)9-10-4-2-5-11(8-10)14(15,16)17/h2,4-5,8H,3,6-7,9H2,1H3,(H,19,20)/t13-/m1/s1. The van der Waals surface area contributed by atoms with E-state index in [2.05, 4.69) is 0 Å². The van der Waals surface area contributed by atoms with Crippen molar-refractivity contribution in [1.29, 1.82) is 0 Å². The Bertz CT molecular complexity index is 515. The van der Waals surface area contributed by atoms with Crippen LogP contribution < -0.4 is 0 Å². The second-order valence-corrected chi connectivity index (χ2v) is 5.30. The summed E-state index contributed by atoms with van der Waals surface area (Å²) in [6.07, 6.45) is -3.12. The predicted molar refractivity (Wildman–Crippen MR) is 67.1 cm³/mol. The molecule has 20 heavy (non-hydrogen) atoms. The number of aliphatic carboxylic acids is 1. The van der Waals surface area contributed by atoms with E-state index < -0.39 is 23.2 Å². The number of nitrogens with zero attached hydrogens (tertiary/aromatic N) is 1. The van der Waals surface area contributed by atoms with Crippen LogP contribution in [0.15, 0.2) is 24.3 Å². The Morgan fingerprint density at radius 3 is 2.75 bits per heavy atom. The van der Waals surface area contributed by atoms with E-state index in [1.807, 2.05) is 0 Å². The van der Waals surface area contributed by atoms with E-state index in [0.29, 0.717) is 18.5 Å². The first-order valence-electron chi connectivity index (χ1n) is 6.38. The van der Waals surface area contributed by atoms with E-state index in [9.17, 15) is 23.1 Å². The molecule has 2 rings (SSSR count). The van der Waals surface area contributed by atoms with Gasteiger partial charge >= 0.3 is 12.1 Å². The van der Waals surface area contributed by atoms with Crippen LogP contribution in [0.1, 0.15) is 30.9 Å². The average molecular weight is 287 g/mol. The normalized spacial score (nSPS) is 24.0. The fourth-order valence-electron chi connectivity index (χ4n) is 2.58. The van der Waals surface area contributed by atoms with Crippen molar-refractivity contribution >= 4 is 5.97 Å². The molecule has 110 valence electrons. The minimum atomic E-state index is -4.38. The second-order valence-electron chi connectivity index (χ2n) is 5.30. The number of carboxylic acids is 1. The van der Waals surface area contributed by atoms with Crippen LogP contribution in [-0.4, -0.2) is 28.1 Å². The lowest BCUT2D eigenvalue weighted by atomic mass is 9.98. The van der Waals surface area contributed by atoms with Gasteiger partial charge < -0.3 is 5.11 Å². The van der Waals surface area contributed by atoms with Crippen LogP contribution in [0.5, 0.6) is 0 Å². The molecule has 6 heteroatoms. The Morgan fingerprint density at radius 2 is 2.15 bits per heavy atom. The quantitative estimate of drug-likeness (QED) is 0.928. The summed E-state index contributed by atoms with van der Waals surface area (Å²) in [6.45, 7) is 2.42. The molecule has 3 nitrogen and oxygen atoms in total. The summed E-state index contributed by atoms with van der Waals surface area (Å²) in [5.41, 5.74) is -1.21. The van der Waals surface area contributed by atoms with Gasteiger partial charge in [-0.2, -0.15) is 13.2 Å². The molecule has 1 atom stereocenters. The van der Waals surface area contributed by atoms with E-state index in [1.165, 1.54) is 6.07 Å². The van der Waals surface area contributed by atoms with E-state index >= 15 is 0 Å². The van der Waals surface area contributed by atoms with Crippen molar-refractivity contribution in [3.8, 4) is 0 Å².